The maximum atomic E-state index is 11.5. The molecule has 0 aliphatic rings. The van der Waals surface area contributed by atoms with Gasteiger partial charge in [-0.25, -0.2) is 4.79 Å². The van der Waals surface area contributed by atoms with Crippen LogP contribution < -0.4 is 4.74 Å². The van der Waals surface area contributed by atoms with Gasteiger partial charge in [0.2, 0.25) is 0 Å². The largest absolute Gasteiger partial charge is 0.494 e. The molecule has 1 aromatic rings. The molecule has 0 radical (unpaired) electrons. The first-order chi connectivity index (χ1) is 7.77. The Morgan fingerprint density at radius 1 is 1.06 bits per heavy atom. The van der Waals surface area contributed by atoms with Gasteiger partial charge in [-0.1, -0.05) is 13.8 Å². The molecular formula is C13H18O3. The molecule has 1 aromatic carbocycles. The maximum absolute atomic E-state index is 11.5. The second-order valence-corrected chi connectivity index (χ2v) is 3.51. The van der Waals surface area contributed by atoms with Gasteiger partial charge in [0.25, 0.3) is 0 Å². The fourth-order valence-corrected chi connectivity index (χ4v) is 1.19. The van der Waals surface area contributed by atoms with Crippen LogP contribution in [0.15, 0.2) is 24.3 Å². The van der Waals surface area contributed by atoms with E-state index in [9.17, 15) is 4.79 Å². The average molecular weight is 222 g/mol. The maximum Gasteiger partial charge on any atom is 0.338 e. The first kappa shape index (κ1) is 12.6. The minimum absolute atomic E-state index is 0.274. The number of hydrogen-bond donors (Lipinski definition) is 0. The highest BCUT2D eigenvalue weighted by molar-refractivity contribution is 5.89. The number of rotatable bonds is 6. The Balaban J connectivity index is 2.53. The molecule has 0 amide bonds. The molecule has 0 N–H and O–H groups in total. The van der Waals surface area contributed by atoms with E-state index in [1.165, 1.54) is 0 Å². The van der Waals surface area contributed by atoms with Crippen LogP contribution in [-0.2, 0) is 4.74 Å². The minimum atomic E-state index is -0.274. The quantitative estimate of drug-likeness (QED) is 0.694. The monoisotopic (exact) mass is 222 g/mol. The van der Waals surface area contributed by atoms with E-state index in [-0.39, 0.29) is 5.97 Å². The standard InChI is InChI=1S/C13H18O3/c1-3-9-15-12-7-5-11(6-8-12)13(14)16-10-4-2/h5-8H,3-4,9-10H2,1-2H3. The van der Waals surface area contributed by atoms with Crippen molar-refractivity contribution in [1.29, 1.82) is 0 Å². The number of esters is 1. The third-order valence-electron chi connectivity index (χ3n) is 2.00. The highest BCUT2D eigenvalue weighted by Crippen LogP contribution is 2.13. The van der Waals surface area contributed by atoms with Crippen molar-refractivity contribution in [2.24, 2.45) is 0 Å². The summed E-state index contributed by atoms with van der Waals surface area (Å²) < 4.78 is 10.4. The molecule has 0 saturated heterocycles. The van der Waals surface area contributed by atoms with E-state index < -0.39 is 0 Å². The van der Waals surface area contributed by atoms with E-state index in [2.05, 4.69) is 6.92 Å². The zero-order valence-corrected chi connectivity index (χ0v) is 9.86. The van der Waals surface area contributed by atoms with Gasteiger partial charge in [0, 0.05) is 0 Å². The summed E-state index contributed by atoms with van der Waals surface area (Å²) in [5.41, 5.74) is 0.567. The summed E-state index contributed by atoms with van der Waals surface area (Å²) in [5.74, 6) is 0.512. The van der Waals surface area contributed by atoms with Gasteiger partial charge in [-0.05, 0) is 37.1 Å². The highest BCUT2D eigenvalue weighted by atomic mass is 16.5. The van der Waals surface area contributed by atoms with Gasteiger partial charge in [0.05, 0.1) is 18.8 Å². The summed E-state index contributed by atoms with van der Waals surface area (Å²) in [6, 6.07) is 7.03. The molecule has 3 heteroatoms. The molecule has 88 valence electrons. The first-order valence-corrected chi connectivity index (χ1v) is 5.68. The van der Waals surface area contributed by atoms with Gasteiger partial charge in [-0.2, -0.15) is 0 Å². The van der Waals surface area contributed by atoms with Crippen molar-refractivity contribution < 1.29 is 14.3 Å². The molecule has 0 aromatic heterocycles. The van der Waals surface area contributed by atoms with Crippen molar-refractivity contribution in [3.8, 4) is 5.75 Å². The molecule has 0 fully saturated rings. The lowest BCUT2D eigenvalue weighted by atomic mass is 10.2. The Morgan fingerprint density at radius 3 is 2.25 bits per heavy atom. The summed E-state index contributed by atoms with van der Waals surface area (Å²) in [6.07, 6.45) is 1.81. The fourth-order valence-electron chi connectivity index (χ4n) is 1.19. The van der Waals surface area contributed by atoms with Crippen LogP contribution in [0.2, 0.25) is 0 Å². The van der Waals surface area contributed by atoms with Gasteiger partial charge in [-0.3, -0.25) is 0 Å². The summed E-state index contributed by atoms with van der Waals surface area (Å²) in [7, 11) is 0. The molecule has 3 nitrogen and oxygen atoms in total. The van der Waals surface area contributed by atoms with Crippen molar-refractivity contribution in [1.82, 2.24) is 0 Å². The van der Waals surface area contributed by atoms with Crippen LogP contribution in [0.3, 0.4) is 0 Å². The molecule has 0 unspecified atom stereocenters. The molecule has 0 bridgehead atoms. The van der Waals surface area contributed by atoms with E-state index in [0.717, 1.165) is 18.6 Å². The zero-order chi connectivity index (χ0) is 11.8. The van der Waals surface area contributed by atoms with Crippen LogP contribution in [0.1, 0.15) is 37.0 Å². The second-order valence-electron chi connectivity index (χ2n) is 3.51. The Hall–Kier alpha value is -1.51. The molecule has 16 heavy (non-hydrogen) atoms. The fraction of sp³-hybridized carbons (Fsp3) is 0.462. The summed E-state index contributed by atoms with van der Waals surface area (Å²) in [4.78, 5) is 11.5. The van der Waals surface area contributed by atoms with Gasteiger partial charge in [0.1, 0.15) is 5.75 Å². The number of benzene rings is 1. The predicted molar refractivity (Wildman–Crippen MR) is 62.8 cm³/mol. The van der Waals surface area contributed by atoms with E-state index in [4.69, 9.17) is 9.47 Å². The molecule has 0 heterocycles. The lowest BCUT2D eigenvalue weighted by Gasteiger charge is -2.06. The van der Waals surface area contributed by atoms with Crippen molar-refractivity contribution >= 4 is 5.97 Å². The van der Waals surface area contributed by atoms with E-state index in [1.807, 2.05) is 6.92 Å². The van der Waals surface area contributed by atoms with Crippen LogP contribution in [0.5, 0.6) is 5.75 Å². The number of hydrogen-bond acceptors (Lipinski definition) is 3. The average Bonchev–Trinajstić information content (AvgIpc) is 2.34. The van der Waals surface area contributed by atoms with Crippen LogP contribution in [0.4, 0.5) is 0 Å². The Morgan fingerprint density at radius 2 is 1.69 bits per heavy atom. The molecule has 0 aliphatic heterocycles. The zero-order valence-electron chi connectivity index (χ0n) is 9.86. The van der Waals surface area contributed by atoms with Crippen LogP contribution in [0, 0.1) is 0 Å². The van der Waals surface area contributed by atoms with Gasteiger partial charge in [-0.15, -0.1) is 0 Å². The first-order valence-electron chi connectivity index (χ1n) is 5.68. The normalized spacial score (nSPS) is 9.88. The molecule has 1 rings (SSSR count). The number of carbonyl (C=O) groups excluding carboxylic acids is 1. The molecular weight excluding hydrogens is 204 g/mol. The van der Waals surface area contributed by atoms with Gasteiger partial charge >= 0.3 is 5.97 Å². The lowest BCUT2D eigenvalue weighted by molar-refractivity contribution is 0.0505. The summed E-state index contributed by atoms with van der Waals surface area (Å²) >= 11 is 0. The Bertz CT molecular complexity index is 316. The van der Waals surface area contributed by atoms with Gasteiger partial charge < -0.3 is 9.47 Å². The van der Waals surface area contributed by atoms with E-state index >= 15 is 0 Å². The van der Waals surface area contributed by atoms with Crippen LogP contribution in [-0.4, -0.2) is 19.2 Å². The number of carbonyl (C=O) groups is 1. The molecule has 0 atom stereocenters. The highest BCUT2D eigenvalue weighted by Gasteiger charge is 2.05. The second kappa shape index (κ2) is 6.88. The smallest absolute Gasteiger partial charge is 0.338 e. The summed E-state index contributed by atoms with van der Waals surface area (Å²) in [5, 5.41) is 0. The van der Waals surface area contributed by atoms with E-state index in [1.54, 1.807) is 24.3 Å². The minimum Gasteiger partial charge on any atom is -0.494 e. The van der Waals surface area contributed by atoms with Crippen molar-refractivity contribution in [3.05, 3.63) is 29.8 Å². The Kier molecular flexibility index (Phi) is 5.40. The Labute approximate surface area is 96.4 Å². The van der Waals surface area contributed by atoms with Crippen molar-refractivity contribution in [2.45, 2.75) is 26.7 Å². The lowest BCUT2D eigenvalue weighted by Crippen LogP contribution is -2.05. The van der Waals surface area contributed by atoms with Gasteiger partial charge in [0.15, 0.2) is 0 Å². The number of ether oxygens (including phenoxy) is 2. The topological polar surface area (TPSA) is 35.5 Å². The third-order valence-corrected chi connectivity index (χ3v) is 2.00. The van der Waals surface area contributed by atoms with Crippen LogP contribution in [0.25, 0.3) is 0 Å². The summed E-state index contributed by atoms with van der Waals surface area (Å²) in [6.45, 7) is 5.18. The van der Waals surface area contributed by atoms with Crippen LogP contribution >= 0.6 is 0 Å². The third kappa shape index (κ3) is 3.93. The molecule has 0 aliphatic carbocycles. The van der Waals surface area contributed by atoms with Crippen molar-refractivity contribution in [3.63, 3.8) is 0 Å². The van der Waals surface area contributed by atoms with Crippen molar-refractivity contribution in [2.75, 3.05) is 13.2 Å². The SMILES string of the molecule is CCCOC(=O)c1ccc(OCCC)cc1. The predicted octanol–water partition coefficient (Wildman–Crippen LogP) is 3.04. The molecule has 0 spiro atoms. The molecule has 0 saturated carbocycles. The van der Waals surface area contributed by atoms with E-state index in [0.29, 0.717) is 18.8 Å².